The van der Waals surface area contributed by atoms with Crippen LogP contribution in [0.25, 0.3) is 0 Å². The molecule has 1 aromatic heterocycles. The first-order valence-corrected chi connectivity index (χ1v) is 9.11. The summed E-state index contributed by atoms with van der Waals surface area (Å²) < 4.78 is 11.1. The zero-order valence-corrected chi connectivity index (χ0v) is 15.7. The second-order valence-corrected chi connectivity index (χ2v) is 6.44. The van der Waals surface area contributed by atoms with E-state index in [9.17, 15) is 9.59 Å². The fraction of sp³-hybridized carbons (Fsp3) is 0.150. The molecule has 1 amide bonds. The van der Waals surface area contributed by atoms with Crippen molar-refractivity contribution in [3.8, 4) is 11.5 Å². The topological polar surface area (TPSA) is 77.5 Å². The molecule has 6 nitrogen and oxygen atoms in total. The highest BCUT2D eigenvalue weighted by Crippen LogP contribution is 2.29. The molecular weight excluding hydrogens is 364 g/mol. The van der Waals surface area contributed by atoms with Crippen molar-refractivity contribution in [2.45, 2.75) is 13.5 Å². The molecule has 0 atom stereocenters. The summed E-state index contributed by atoms with van der Waals surface area (Å²) in [6, 6.07) is 11.7. The van der Waals surface area contributed by atoms with Gasteiger partial charge < -0.3 is 14.8 Å². The first-order chi connectivity index (χ1) is 13.1. The SMILES string of the molecule is COc1cc(C(=O)Nc2ccc(C(C)=O)cc2)ccc1OCc1cscn1. The summed E-state index contributed by atoms with van der Waals surface area (Å²) in [6.07, 6.45) is 0. The molecule has 0 unspecified atom stereocenters. The van der Waals surface area contributed by atoms with Gasteiger partial charge in [-0.3, -0.25) is 9.59 Å². The van der Waals surface area contributed by atoms with Gasteiger partial charge in [0, 0.05) is 22.2 Å². The number of anilines is 1. The highest BCUT2D eigenvalue weighted by Gasteiger charge is 2.12. The van der Waals surface area contributed by atoms with Crippen LogP contribution in [0.15, 0.2) is 53.4 Å². The number of methoxy groups -OCH3 is 1. The lowest BCUT2D eigenvalue weighted by molar-refractivity contribution is 0.101. The molecule has 138 valence electrons. The summed E-state index contributed by atoms with van der Waals surface area (Å²) in [7, 11) is 1.52. The number of carbonyl (C=O) groups excluding carboxylic acids is 2. The van der Waals surface area contributed by atoms with Crippen LogP contribution in [0.4, 0.5) is 5.69 Å². The molecule has 0 spiro atoms. The van der Waals surface area contributed by atoms with Crippen LogP contribution in [-0.4, -0.2) is 23.8 Å². The molecule has 2 aromatic carbocycles. The second-order valence-electron chi connectivity index (χ2n) is 5.72. The molecule has 27 heavy (non-hydrogen) atoms. The van der Waals surface area contributed by atoms with E-state index in [0.29, 0.717) is 34.9 Å². The van der Waals surface area contributed by atoms with Crippen LogP contribution in [0.1, 0.15) is 33.3 Å². The van der Waals surface area contributed by atoms with E-state index in [0.717, 1.165) is 5.69 Å². The van der Waals surface area contributed by atoms with Crippen LogP contribution in [0, 0.1) is 0 Å². The molecule has 0 aliphatic heterocycles. The highest BCUT2D eigenvalue weighted by molar-refractivity contribution is 7.07. The predicted molar refractivity (Wildman–Crippen MR) is 104 cm³/mol. The molecule has 3 rings (SSSR count). The molecule has 3 aromatic rings. The van der Waals surface area contributed by atoms with Gasteiger partial charge in [-0.1, -0.05) is 0 Å². The average Bonchev–Trinajstić information content (AvgIpc) is 3.20. The van der Waals surface area contributed by atoms with E-state index < -0.39 is 0 Å². The zero-order valence-electron chi connectivity index (χ0n) is 14.9. The van der Waals surface area contributed by atoms with E-state index in [4.69, 9.17) is 9.47 Å². The number of benzene rings is 2. The van der Waals surface area contributed by atoms with Crippen molar-refractivity contribution in [1.82, 2.24) is 4.98 Å². The number of ether oxygens (including phenoxy) is 2. The molecule has 0 fully saturated rings. The summed E-state index contributed by atoms with van der Waals surface area (Å²) in [5.74, 6) is 0.693. The standard InChI is InChI=1S/C20H18N2O4S/c1-13(23)14-3-6-16(7-4-14)22-20(24)15-5-8-18(19(9-15)25-2)26-10-17-11-27-12-21-17/h3-9,11-12H,10H2,1-2H3,(H,22,24). The number of carbonyl (C=O) groups is 2. The minimum absolute atomic E-state index is 0.0224. The number of thiazole rings is 1. The maximum Gasteiger partial charge on any atom is 0.255 e. The molecule has 1 N–H and O–H groups in total. The van der Waals surface area contributed by atoms with Crippen LogP contribution in [0.3, 0.4) is 0 Å². The van der Waals surface area contributed by atoms with Crippen LogP contribution < -0.4 is 14.8 Å². The van der Waals surface area contributed by atoms with Crippen LogP contribution in [0.5, 0.6) is 11.5 Å². The zero-order chi connectivity index (χ0) is 19.2. The van der Waals surface area contributed by atoms with E-state index in [1.807, 2.05) is 5.38 Å². The molecule has 0 saturated heterocycles. The molecule has 0 bridgehead atoms. The number of amides is 1. The first-order valence-electron chi connectivity index (χ1n) is 8.17. The molecule has 7 heteroatoms. The largest absolute Gasteiger partial charge is 0.493 e. The number of aromatic nitrogens is 1. The number of nitrogens with one attached hydrogen (secondary N) is 1. The van der Waals surface area contributed by atoms with Gasteiger partial charge in [0.1, 0.15) is 6.61 Å². The highest BCUT2D eigenvalue weighted by atomic mass is 32.1. The van der Waals surface area contributed by atoms with Crippen LogP contribution in [0.2, 0.25) is 0 Å². The Bertz CT molecular complexity index is 937. The Morgan fingerprint density at radius 3 is 2.44 bits per heavy atom. The number of hydrogen-bond acceptors (Lipinski definition) is 6. The van der Waals surface area contributed by atoms with Crippen molar-refractivity contribution < 1.29 is 19.1 Å². The van der Waals surface area contributed by atoms with E-state index >= 15 is 0 Å². The Labute approximate surface area is 160 Å². The van der Waals surface area contributed by atoms with Crippen LogP contribution in [-0.2, 0) is 6.61 Å². The normalized spacial score (nSPS) is 10.3. The van der Waals surface area contributed by atoms with E-state index in [1.165, 1.54) is 25.4 Å². The quantitative estimate of drug-likeness (QED) is 0.620. The Morgan fingerprint density at radius 2 is 1.81 bits per heavy atom. The molecule has 0 aliphatic carbocycles. The summed E-state index contributed by atoms with van der Waals surface area (Å²) in [5, 5.41) is 4.70. The Kier molecular flexibility index (Phi) is 5.83. The van der Waals surface area contributed by atoms with Crippen molar-refractivity contribution >= 4 is 28.7 Å². The van der Waals surface area contributed by atoms with Gasteiger partial charge in [0.25, 0.3) is 5.91 Å². The second kappa shape index (κ2) is 8.46. The number of nitrogens with zero attached hydrogens (tertiary/aromatic N) is 1. The predicted octanol–water partition coefficient (Wildman–Crippen LogP) is 4.19. The van der Waals surface area contributed by atoms with Crippen molar-refractivity contribution in [2.75, 3.05) is 12.4 Å². The van der Waals surface area contributed by atoms with Gasteiger partial charge in [-0.15, -0.1) is 11.3 Å². The van der Waals surface area contributed by atoms with Gasteiger partial charge >= 0.3 is 0 Å². The van der Waals surface area contributed by atoms with E-state index in [-0.39, 0.29) is 11.7 Å². The number of ketones is 1. The summed E-state index contributed by atoms with van der Waals surface area (Å²) in [4.78, 5) is 28.0. The third-order valence-corrected chi connectivity index (χ3v) is 4.47. The minimum Gasteiger partial charge on any atom is -0.493 e. The Hall–Kier alpha value is -3.19. The smallest absolute Gasteiger partial charge is 0.255 e. The van der Waals surface area contributed by atoms with Crippen molar-refractivity contribution in [2.24, 2.45) is 0 Å². The monoisotopic (exact) mass is 382 g/mol. The van der Waals surface area contributed by atoms with Gasteiger partial charge in [0.15, 0.2) is 17.3 Å². The van der Waals surface area contributed by atoms with Gasteiger partial charge in [-0.25, -0.2) is 4.98 Å². The molecule has 0 aliphatic rings. The number of hydrogen-bond donors (Lipinski definition) is 1. The van der Waals surface area contributed by atoms with Gasteiger partial charge in [-0.2, -0.15) is 0 Å². The maximum atomic E-state index is 12.5. The molecule has 0 radical (unpaired) electrons. The third kappa shape index (κ3) is 4.71. The molecular formula is C20H18N2O4S. The summed E-state index contributed by atoms with van der Waals surface area (Å²) in [5.41, 5.74) is 4.21. The van der Waals surface area contributed by atoms with E-state index in [1.54, 1.807) is 48.0 Å². The van der Waals surface area contributed by atoms with Crippen molar-refractivity contribution in [3.63, 3.8) is 0 Å². The summed E-state index contributed by atoms with van der Waals surface area (Å²) in [6.45, 7) is 1.83. The van der Waals surface area contributed by atoms with Crippen molar-refractivity contribution in [1.29, 1.82) is 0 Å². The molecule has 0 saturated carbocycles. The average molecular weight is 382 g/mol. The lowest BCUT2D eigenvalue weighted by Gasteiger charge is -2.12. The molecule has 1 heterocycles. The number of Topliss-reactive ketones (excluding diaryl/α,β-unsaturated/α-hetero) is 1. The summed E-state index contributed by atoms with van der Waals surface area (Å²) >= 11 is 1.50. The Balaban J connectivity index is 1.70. The lowest BCUT2D eigenvalue weighted by Crippen LogP contribution is -2.12. The third-order valence-electron chi connectivity index (χ3n) is 3.83. The minimum atomic E-state index is -0.282. The van der Waals surface area contributed by atoms with Gasteiger partial charge in [-0.05, 0) is 49.4 Å². The van der Waals surface area contributed by atoms with Crippen molar-refractivity contribution in [3.05, 3.63) is 70.2 Å². The maximum absolute atomic E-state index is 12.5. The fourth-order valence-electron chi connectivity index (χ4n) is 2.38. The lowest BCUT2D eigenvalue weighted by atomic mass is 10.1. The van der Waals surface area contributed by atoms with Gasteiger partial charge in [0.05, 0.1) is 18.3 Å². The fourth-order valence-corrected chi connectivity index (χ4v) is 2.92. The van der Waals surface area contributed by atoms with Gasteiger partial charge in [0.2, 0.25) is 0 Å². The Morgan fingerprint density at radius 1 is 1.07 bits per heavy atom. The number of rotatable bonds is 7. The van der Waals surface area contributed by atoms with E-state index in [2.05, 4.69) is 10.3 Å². The first kappa shape index (κ1) is 18.6. The van der Waals surface area contributed by atoms with Crippen LogP contribution >= 0.6 is 11.3 Å².